The Bertz CT molecular complexity index is 333. The number of hydrogen-bond donors (Lipinski definition) is 1. The van der Waals surface area contributed by atoms with Crippen molar-refractivity contribution < 1.29 is 19.4 Å². The zero-order valence-electron chi connectivity index (χ0n) is 8.44. The molecule has 82 valence electrons. The van der Waals surface area contributed by atoms with Gasteiger partial charge in [-0.15, -0.1) is 0 Å². The van der Waals surface area contributed by atoms with Crippen LogP contribution in [0.25, 0.3) is 0 Å². The molecule has 2 aliphatic heterocycles. The van der Waals surface area contributed by atoms with Crippen LogP contribution in [0.3, 0.4) is 0 Å². The summed E-state index contributed by atoms with van der Waals surface area (Å²) < 4.78 is 11.0. The normalized spacial score (nSPS) is 40.3. The molecule has 0 radical (unpaired) electrons. The van der Waals surface area contributed by atoms with E-state index in [-0.39, 0.29) is 11.7 Å². The first-order valence-corrected chi connectivity index (χ1v) is 5.44. The van der Waals surface area contributed by atoms with Gasteiger partial charge in [0, 0.05) is 12.0 Å². The summed E-state index contributed by atoms with van der Waals surface area (Å²) >= 11 is 0. The molecule has 3 aliphatic rings. The Hall–Kier alpha value is -0.710. The van der Waals surface area contributed by atoms with Crippen LogP contribution in [0.2, 0.25) is 0 Å². The second kappa shape index (κ2) is 3.40. The molecule has 4 nitrogen and oxygen atoms in total. The van der Waals surface area contributed by atoms with Crippen molar-refractivity contribution in [2.75, 3.05) is 13.2 Å². The molecule has 3 rings (SSSR count). The molecule has 3 unspecified atom stereocenters. The van der Waals surface area contributed by atoms with Gasteiger partial charge in [0.1, 0.15) is 0 Å². The summed E-state index contributed by atoms with van der Waals surface area (Å²) in [5, 5.41) is 9.92. The maximum absolute atomic E-state index is 11.7. The molecule has 3 atom stereocenters. The standard InChI is InChI=1S/C11H14O4/c12-7-2-1-6-5-15-11-10(9(6)7)8(13)3-4-14-11/h8,10-11,13H,1-5H2. The zero-order valence-corrected chi connectivity index (χ0v) is 8.44. The van der Waals surface area contributed by atoms with Crippen molar-refractivity contribution in [1.29, 1.82) is 0 Å². The molecule has 0 aromatic heterocycles. The third-order valence-corrected chi connectivity index (χ3v) is 3.49. The first-order chi connectivity index (χ1) is 7.27. The van der Waals surface area contributed by atoms with Gasteiger partial charge >= 0.3 is 0 Å². The SMILES string of the molecule is O=C1CCC2=C1C1C(O)CCOC1OC2. The molecule has 1 saturated heterocycles. The fourth-order valence-corrected chi connectivity index (χ4v) is 2.73. The minimum atomic E-state index is -0.490. The first kappa shape index (κ1) is 9.51. The molecular weight excluding hydrogens is 196 g/mol. The minimum absolute atomic E-state index is 0.174. The van der Waals surface area contributed by atoms with E-state index in [9.17, 15) is 9.90 Å². The third-order valence-electron chi connectivity index (χ3n) is 3.49. The Balaban J connectivity index is 1.98. The van der Waals surface area contributed by atoms with Crippen LogP contribution in [0.5, 0.6) is 0 Å². The van der Waals surface area contributed by atoms with E-state index in [0.717, 1.165) is 17.6 Å². The van der Waals surface area contributed by atoms with E-state index >= 15 is 0 Å². The molecule has 0 bridgehead atoms. The maximum Gasteiger partial charge on any atom is 0.167 e. The highest BCUT2D eigenvalue weighted by atomic mass is 16.7. The number of aliphatic hydroxyl groups excluding tert-OH is 1. The van der Waals surface area contributed by atoms with Gasteiger partial charge in [-0.25, -0.2) is 0 Å². The number of fused-ring (bicyclic) bond motifs is 2. The third kappa shape index (κ3) is 1.36. The smallest absolute Gasteiger partial charge is 0.167 e. The van der Waals surface area contributed by atoms with E-state index in [2.05, 4.69) is 0 Å². The van der Waals surface area contributed by atoms with Gasteiger partial charge in [0.15, 0.2) is 12.1 Å². The number of hydrogen-bond acceptors (Lipinski definition) is 4. The van der Waals surface area contributed by atoms with Crippen LogP contribution in [0.1, 0.15) is 19.3 Å². The number of ketones is 1. The van der Waals surface area contributed by atoms with Crippen LogP contribution in [-0.2, 0) is 14.3 Å². The van der Waals surface area contributed by atoms with Crippen LogP contribution >= 0.6 is 0 Å². The predicted octanol–water partition coefficient (Wildman–Crippen LogP) is 0.400. The van der Waals surface area contributed by atoms with Crippen LogP contribution in [0.4, 0.5) is 0 Å². The fraction of sp³-hybridized carbons (Fsp3) is 0.727. The number of carbonyl (C=O) groups is 1. The van der Waals surface area contributed by atoms with E-state index in [0.29, 0.717) is 26.1 Å². The monoisotopic (exact) mass is 210 g/mol. The van der Waals surface area contributed by atoms with E-state index in [1.165, 1.54) is 0 Å². The van der Waals surface area contributed by atoms with E-state index in [1.807, 2.05) is 0 Å². The van der Waals surface area contributed by atoms with Crippen LogP contribution in [0.15, 0.2) is 11.1 Å². The van der Waals surface area contributed by atoms with Gasteiger partial charge in [0.2, 0.25) is 0 Å². The number of aliphatic hydroxyl groups is 1. The van der Waals surface area contributed by atoms with Crippen molar-refractivity contribution in [3.05, 3.63) is 11.1 Å². The average Bonchev–Trinajstić information content (AvgIpc) is 2.61. The van der Waals surface area contributed by atoms with Gasteiger partial charge in [0.05, 0.1) is 25.2 Å². The average molecular weight is 210 g/mol. The number of ether oxygens (including phenoxy) is 2. The van der Waals surface area contributed by atoms with Crippen molar-refractivity contribution in [3.8, 4) is 0 Å². The first-order valence-electron chi connectivity index (χ1n) is 5.44. The summed E-state index contributed by atoms with van der Waals surface area (Å²) in [5.74, 6) is -0.0645. The van der Waals surface area contributed by atoms with Crippen molar-refractivity contribution in [2.45, 2.75) is 31.7 Å². The molecule has 1 fully saturated rings. The number of Topliss-reactive ketones (excluding diaryl/α,β-unsaturated/α-hetero) is 1. The zero-order chi connectivity index (χ0) is 10.4. The van der Waals surface area contributed by atoms with Gasteiger partial charge in [-0.05, 0) is 18.4 Å². The lowest BCUT2D eigenvalue weighted by Gasteiger charge is -2.39. The van der Waals surface area contributed by atoms with Gasteiger partial charge in [-0.3, -0.25) is 4.79 Å². The topological polar surface area (TPSA) is 55.8 Å². The quantitative estimate of drug-likeness (QED) is 0.628. The molecule has 0 saturated carbocycles. The lowest BCUT2D eigenvalue weighted by Crippen LogP contribution is -2.46. The largest absolute Gasteiger partial charge is 0.392 e. The molecule has 1 N–H and O–H groups in total. The minimum Gasteiger partial charge on any atom is -0.392 e. The van der Waals surface area contributed by atoms with Crippen LogP contribution in [0, 0.1) is 5.92 Å². The Morgan fingerprint density at radius 2 is 2.13 bits per heavy atom. The fourth-order valence-electron chi connectivity index (χ4n) is 2.73. The molecule has 0 amide bonds. The summed E-state index contributed by atoms with van der Waals surface area (Å²) in [5.41, 5.74) is 1.88. The molecule has 1 aliphatic carbocycles. The molecule has 0 aromatic rings. The molecule has 0 spiro atoms. The Morgan fingerprint density at radius 3 is 3.00 bits per heavy atom. The van der Waals surface area contributed by atoms with E-state index in [4.69, 9.17) is 9.47 Å². The van der Waals surface area contributed by atoms with Crippen LogP contribution < -0.4 is 0 Å². The summed E-state index contributed by atoms with van der Waals surface area (Å²) in [7, 11) is 0. The highest BCUT2D eigenvalue weighted by Gasteiger charge is 2.44. The van der Waals surface area contributed by atoms with Crippen LogP contribution in [-0.4, -0.2) is 36.5 Å². The predicted molar refractivity (Wildman–Crippen MR) is 51.1 cm³/mol. The van der Waals surface area contributed by atoms with Crippen molar-refractivity contribution in [2.24, 2.45) is 5.92 Å². The van der Waals surface area contributed by atoms with Gasteiger partial charge in [-0.2, -0.15) is 0 Å². The lowest BCUT2D eigenvalue weighted by molar-refractivity contribution is -0.213. The van der Waals surface area contributed by atoms with Gasteiger partial charge in [0.25, 0.3) is 0 Å². The molecule has 2 heterocycles. The molecule has 4 heteroatoms. The highest BCUT2D eigenvalue weighted by Crippen LogP contribution is 2.40. The number of rotatable bonds is 0. The summed E-state index contributed by atoms with van der Waals surface area (Å²) in [6, 6.07) is 0. The Labute approximate surface area is 87.9 Å². The molecule has 15 heavy (non-hydrogen) atoms. The summed E-state index contributed by atoms with van der Waals surface area (Å²) in [6.45, 7) is 1.01. The highest BCUT2D eigenvalue weighted by molar-refractivity contribution is 5.99. The second-order valence-electron chi connectivity index (χ2n) is 4.37. The second-order valence-corrected chi connectivity index (χ2v) is 4.37. The van der Waals surface area contributed by atoms with E-state index in [1.54, 1.807) is 0 Å². The Morgan fingerprint density at radius 1 is 1.27 bits per heavy atom. The number of carbonyl (C=O) groups excluding carboxylic acids is 1. The van der Waals surface area contributed by atoms with Crippen molar-refractivity contribution in [1.82, 2.24) is 0 Å². The van der Waals surface area contributed by atoms with Crippen molar-refractivity contribution in [3.63, 3.8) is 0 Å². The van der Waals surface area contributed by atoms with E-state index < -0.39 is 12.4 Å². The maximum atomic E-state index is 11.7. The Kier molecular flexibility index (Phi) is 2.16. The molecule has 0 aromatic carbocycles. The summed E-state index contributed by atoms with van der Waals surface area (Å²) in [4.78, 5) is 11.7. The summed E-state index contributed by atoms with van der Waals surface area (Å²) in [6.07, 6.45) is 1.06. The van der Waals surface area contributed by atoms with Crippen molar-refractivity contribution >= 4 is 5.78 Å². The van der Waals surface area contributed by atoms with Gasteiger partial charge < -0.3 is 14.6 Å². The lowest BCUT2D eigenvalue weighted by atomic mass is 9.85. The molecular formula is C11H14O4. The van der Waals surface area contributed by atoms with Gasteiger partial charge in [-0.1, -0.05) is 0 Å².